The molecule has 1 aliphatic heterocycles. The molecule has 0 atom stereocenters. The Morgan fingerprint density at radius 2 is 2.04 bits per heavy atom. The second kappa shape index (κ2) is 7.44. The van der Waals surface area contributed by atoms with E-state index < -0.39 is 0 Å². The Morgan fingerprint density at radius 1 is 1.29 bits per heavy atom. The zero-order valence-electron chi connectivity index (χ0n) is 14.3. The highest BCUT2D eigenvalue weighted by Gasteiger charge is 2.21. The van der Waals surface area contributed by atoms with E-state index in [1.165, 1.54) is 11.3 Å². The number of piperazine rings is 1. The van der Waals surface area contributed by atoms with E-state index in [-0.39, 0.29) is 11.5 Å². The summed E-state index contributed by atoms with van der Waals surface area (Å²) in [6, 6.07) is 1.61. The number of thiazole rings is 1. The molecule has 1 aliphatic rings. The van der Waals surface area contributed by atoms with Gasteiger partial charge in [-0.2, -0.15) is 0 Å². The van der Waals surface area contributed by atoms with Gasteiger partial charge in [0.2, 0.25) is 5.91 Å². The predicted octanol–water partition coefficient (Wildman–Crippen LogP) is 1.84. The highest BCUT2D eigenvalue weighted by molar-refractivity contribution is 7.15. The van der Waals surface area contributed by atoms with Gasteiger partial charge in [-0.25, -0.2) is 4.98 Å². The van der Waals surface area contributed by atoms with Crippen LogP contribution in [0.5, 0.6) is 0 Å². The molecule has 0 saturated carbocycles. The molecular weight excluding hydrogens is 324 g/mol. The van der Waals surface area contributed by atoms with Crippen LogP contribution < -0.4 is 5.56 Å². The topological polar surface area (TPSA) is 57.9 Å². The molecule has 1 fully saturated rings. The highest BCUT2D eigenvalue weighted by Crippen LogP contribution is 2.12. The van der Waals surface area contributed by atoms with E-state index in [0.717, 1.165) is 43.3 Å². The molecule has 0 unspecified atom stereocenters. The number of nitrogens with zero attached hydrogens (tertiary/aromatic N) is 4. The predicted molar refractivity (Wildman–Crippen MR) is 95.3 cm³/mol. The molecule has 24 heavy (non-hydrogen) atoms. The Bertz CT molecular complexity index is 759. The van der Waals surface area contributed by atoms with Crippen LogP contribution in [0.2, 0.25) is 0 Å². The molecule has 1 saturated heterocycles. The SMILES string of the molecule is CC(C)CCC(=O)N1CCN(Cc2cc(=O)n3ccsc3n2)CC1. The number of fused-ring (bicyclic) bond motifs is 1. The molecule has 6 nitrogen and oxygen atoms in total. The number of carbonyl (C=O) groups excluding carboxylic acids is 1. The third-order valence-corrected chi connectivity index (χ3v) is 5.16. The number of carbonyl (C=O) groups is 1. The first-order valence-electron chi connectivity index (χ1n) is 8.49. The van der Waals surface area contributed by atoms with Crippen molar-refractivity contribution in [1.82, 2.24) is 19.2 Å². The van der Waals surface area contributed by atoms with Crippen molar-refractivity contribution in [2.75, 3.05) is 26.2 Å². The Hall–Kier alpha value is -1.73. The zero-order valence-corrected chi connectivity index (χ0v) is 15.1. The van der Waals surface area contributed by atoms with Gasteiger partial charge in [0.15, 0.2) is 4.96 Å². The summed E-state index contributed by atoms with van der Waals surface area (Å²) in [5.41, 5.74) is 0.779. The Labute approximate surface area is 145 Å². The van der Waals surface area contributed by atoms with Crippen LogP contribution in [0.15, 0.2) is 22.4 Å². The van der Waals surface area contributed by atoms with Crippen LogP contribution in [0.25, 0.3) is 4.96 Å². The van der Waals surface area contributed by atoms with Gasteiger partial charge < -0.3 is 4.90 Å². The minimum atomic E-state index is -0.0289. The van der Waals surface area contributed by atoms with E-state index in [9.17, 15) is 9.59 Å². The molecule has 0 spiro atoms. The number of hydrogen-bond donors (Lipinski definition) is 0. The first-order chi connectivity index (χ1) is 11.5. The maximum absolute atomic E-state index is 12.2. The van der Waals surface area contributed by atoms with Gasteiger partial charge in [-0.3, -0.25) is 18.9 Å². The van der Waals surface area contributed by atoms with Gasteiger partial charge in [-0.1, -0.05) is 13.8 Å². The van der Waals surface area contributed by atoms with Crippen molar-refractivity contribution >= 4 is 22.2 Å². The zero-order chi connectivity index (χ0) is 17.1. The van der Waals surface area contributed by atoms with Crippen molar-refractivity contribution in [1.29, 1.82) is 0 Å². The first kappa shape index (κ1) is 17.1. The summed E-state index contributed by atoms with van der Waals surface area (Å²) in [6.07, 6.45) is 3.35. The lowest BCUT2D eigenvalue weighted by Crippen LogP contribution is -2.48. The smallest absolute Gasteiger partial charge is 0.258 e. The fourth-order valence-corrected chi connectivity index (χ4v) is 3.66. The summed E-state index contributed by atoms with van der Waals surface area (Å²) in [5, 5.41) is 1.87. The summed E-state index contributed by atoms with van der Waals surface area (Å²) in [5.74, 6) is 0.826. The number of hydrogen-bond acceptors (Lipinski definition) is 5. The molecule has 1 amide bonds. The van der Waals surface area contributed by atoms with Crippen LogP contribution in [0, 0.1) is 5.92 Å². The standard InChI is InChI=1S/C17H24N4O2S/c1-13(2)3-4-15(22)20-7-5-19(6-8-20)12-14-11-16(23)21-9-10-24-17(21)18-14/h9-11,13H,3-8,12H2,1-2H3. The van der Waals surface area contributed by atoms with Crippen molar-refractivity contribution in [2.45, 2.75) is 33.2 Å². The van der Waals surface area contributed by atoms with E-state index in [1.807, 2.05) is 10.3 Å². The minimum Gasteiger partial charge on any atom is -0.340 e. The van der Waals surface area contributed by atoms with E-state index in [4.69, 9.17) is 0 Å². The van der Waals surface area contributed by atoms with Gasteiger partial charge in [0.05, 0.1) is 5.69 Å². The monoisotopic (exact) mass is 348 g/mol. The van der Waals surface area contributed by atoms with E-state index >= 15 is 0 Å². The lowest BCUT2D eigenvalue weighted by atomic mass is 10.1. The first-order valence-corrected chi connectivity index (χ1v) is 9.37. The molecule has 2 aromatic rings. The largest absolute Gasteiger partial charge is 0.340 e. The van der Waals surface area contributed by atoms with Crippen molar-refractivity contribution in [2.24, 2.45) is 5.92 Å². The van der Waals surface area contributed by atoms with Gasteiger partial charge in [0.1, 0.15) is 0 Å². The molecule has 130 valence electrons. The van der Waals surface area contributed by atoms with Crippen molar-refractivity contribution in [3.63, 3.8) is 0 Å². The number of amides is 1. The third kappa shape index (κ3) is 4.02. The summed E-state index contributed by atoms with van der Waals surface area (Å²) < 4.78 is 1.57. The molecular formula is C17H24N4O2S. The lowest BCUT2D eigenvalue weighted by Gasteiger charge is -2.34. The maximum Gasteiger partial charge on any atom is 0.258 e. The van der Waals surface area contributed by atoms with E-state index in [0.29, 0.717) is 18.9 Å². The Kier molecular flexibility index (Phi) is 5.30. The molecule has 2 aromatic heterocycles. The summed E-state index contributed by atoms with van der Waals surface area (Å²) in [6.45, 7) is 8.14. The van der Waals surface area contributed by atoms with Crippen molar-refractivity contribution in [3.05, 3.63) is 33.7 Å². The lowest BCUT2D eigenvalue weighted by molar-refractivity contribution is -0.133. The van der Waals surface area contributed by atoms with Crippen LogP contribution in [-0.4, -0.2) is 51.3 Å². The average Bonchev–Trinajstić information content (AvgIpc) is 3.02. The van der Waals surface area contributed by atoms with Gasteiger partial charge in [-0.15, -0.1) is 11.3 Å². The molecule has 0 aromatic carbocycles. The van der Waals surface area contributed by atoms with Crippen LogP contribution in [0.1, 0.15) is 32.4 Å². The van der Waals surface area contributed by atoms with Crippen molar-refractivity contribution < 1.29 is 4.79 Å². The fraction of sp³-hybridized carbons (Fsp3) is 0.588. The van der Waals surface area contributed by atoms with Gasteiger partial charge >= 0.3 is 0 Å². The van der Waals surface area contributed by atoms with E-state index in [2.05, 4.69) is 23.7 Å². The van der Waals surface area contributed by atoms with Gasteiger partial charge in [0.25, 0.3) is 5.56 Å². The Morgan fingerprint density at radius 3 is 2.75 bits per heavy atom. The molecule has 7 heteroatoms. The fourth-order valence-electron chi connectivity index (χ4n) is 2.92. The third-order valence-electron chi connectivity index (χ3n) is 4.40. The second-order valence-electron chi connectivity index (χ2n) is 6.73. The molecule has 0 aliphatic carbocycles. The van der Waals surface area contributed by atoms with Crippen molar-refractivity contribution in [3.8, 4) is 0 Å². The average molecular weight is 348 g/mol. The number of aromatic nitrogens is 2. The maximum atomic E-state index is 12.2. The Balaban J connectivity index is 1.55. The van der Waals surface area contributed by atoms with Crippen LogP contribution in [0.4, 0.5) is 0 Å². The summed E-state index contributed by atoms with van der Waals surface area (Å²) in [4.78, 5) is 33.7. The van der Waals surface area contributed by atoms with Crippen LogP contribution in [0.3, 0.4) is 0 Å². The molecule has 0 N–H and O–H groups in total. The van der Waals surface area contributed by atoms with Gasteiger partial charge in [-0.05, 0) is 12.3 Å². The van der Waals surface area contributed by atoms with Crippen LogP contribution in [-0.2, 0) is 11.3 Å². The quantitative estimate of drug-likeness (QED) is 0.827. The highest BCUT2D eigenvalue weighted by atomic mass is 32.1. The normalized spacial score (nSPS) is 16.2. The van der Waals surface area contributed by atoms with E-state index in [1.54, 1.807) is 16.7 Å². The minimum absolute atomic E-state index is 0.0289. The molecule has 0 radical (unpaired) electrons. The van der Waals surface area contributed by atoms with Gasteiger partial charge in [0, 0.05) is 56.8 Å². The molecule has 3 heterocycles. The molecule has 3 rings (SSSR count). The summed E-state index contributed by atoms with van der Waals surface area (Å²) >= 11 is 1.47. The molecule has 0 bridgehead atoms. The summed E-state index contributed by atoms with van der Waals surface area (Å²) in [7, 11) is 0. The number of rotatable bonds is 5. The van der Waals surface area contributed by atoms with Crippen LogP contribution >= 0.6 is 11.3 Å². The second-order valence-corrected chi connectivity index (χ2v) is 7.60.